The molecule has 0 aliphatic carbocycles. The molecule has 2 N–H and O–H groups in total. The molecular weight excluding hydrogens is 314 g/mol. The number of nitrogens with zero attached hydrogens (tertiary/aromatic N) is 4. The lowest BCUT2D eigenvalue weighted by Crippen LogP contribution is -2.42. The van der Waals surface area contributed by atoms with Crippen molar-refractivity contribution in [2.24, 2.45) is 5.92 Å². The van der Waals surface area contributed by atoms with Gasteiger partial charge < -0.3 is 20.3 Å². The van der Waals surface area contributed by atoms with Gasteiger partial charge in [0.05, 0.1) is 12.1 Å². The number of hydrogen-bond acceptors (Lipinski definition) is 6. The van der Waals surface area contributed by atoms with Crippen molar-refractivity contribution in [1.82, 2.24) is 19.8 Å². The van der Waals surface area contributed by atoms with Crippen LogP contribution in [0.1, 0.15) is 19.3 Å². The average molecular weight is 341 g/mol. The van der Waals surface area contributed by atoms with Crippen LogP contribution in [-0.2, 0) is 0 Å². The Balaban J connectivity index is 1.27. The van der Waals surface area contributed by atoms with Crippen LogP contribution < -0.4 is 10.5 Å². The monoisotopic (exact) mass is 341 g/mol. The first-order valence-corrected chi connectivity index (χ1v) is 9.28. The molecule has 2 aliphatic heterocycles. The minimum atomic E-state index is 0.381. The van der Waals surface area contributed by atoms with Crippen LogP contribution >= 0.6 is 0 Å². The number of nitrogens with two attached hydrogens (primary N) is 1. The van der Waals surface area contributed by atoms with Gasteiger partial charge in [0, 0.05) is 31.1 Å². The predicted octanol–water partition coefficient (Wildman–Crippen LogP) is 2.01. The van der Waals surface area contributed by atoms with Crippen LogP contribution in [0.4, 0.5) is 5.82 Å². The highest BCUT2D eigenvalue weighted by Gasteiger charge is 2.36. The summed E-state index contributed by atoms with van der Waals surface area (Å²) in [7, 11) is 2.27. The maximum absolute atomic E-state index is 6.00. The molecular formula is C19H27N5O. The van der Waals surface area contributed by atoms with E-state index < -0.39 is 0 Å². The molecule has 2 aliphatic rings. The number of piperidine rings is 1. The number of hydrogen-bond donors (Lipinski definition) is 1. The van der Waals surface area contributed by atoms with E-state index in [0.717, 1.165) is 35.8 Å². The molecule has 0 radical (unpaired) electrons. The second-order valence-corrected chi connectivity index (χ2v) is 7.32. The molecule has 3 heterocycles. The van der Waals surface area contributed by atoms with Crippen LogP contribution in [0.5, 0.6) is 6.01 Å². The first kappa shape index (κ1) is 16.5. The zero-order valence-electron chi connectivity index (χ0n) is 14.9. The lowest BCUT2D eigenvalue weighted by molar-refractivity contribution is 0.156. The van der Waals surface area contributed by atoms with Gasteiger partial charge in [-0.1, -0.05) is 12.1 Å². The van der Waals surface area contributed by atoms with E-state index in [1.165, 1.54) is 32.5 Å². The number of benzene rings is 1. The van der Waals surface area contributed by atoms with Crippen LogP contribution in [0, 0.1) is 5.92 Å². The van der Waals surface area contributed by atoms with Gasteiger partial charge in [0.1, 0.15) is 5.82 Å². The number of ether oxygens (including phenoxy) is 1. The van der Waals surface area contributed by atoms with Gasteiger partial charge in [-0.25, -0.2) is 0 Å². The SMILES string of the molecule is CN1CCCC2CN(CCCOc3nc(N)c4ccccc4n3)CC21. The Bertz CT molecular complexity index is 737. The number of rotatable bonds is 5. The third-order valence-electron chi connectivity index (χ3n) is 5.60. The molecule has 2 saturated heterocycles. The van der Waals surface area contributed by atoms with Crippen LogP contribution in [0.3, 0.4) is 0 Å². The van der Waals surface area contributed by atoms with Crippen molar-refractivity contribution in [1.29, 1.82) is 0 Å². The van der Waals surface area contributed by atoms with Gasteiger partial charge >= 0.3 is 6.01 Å². The van der Waals surface area contributed by atoms with Gasteiger partial charge in [-0.15, -0.1) is 0 Å². The molecule has 0 saturated carbocycles. The van der Waals surface area contributed by atoms with Crippen molar-refractivity contribution in [2.45, 2.75) is 25.3 Å². The van der Waals surface area contributed by atoms with Gasteiger partial charge in [0.15, 0.2) is 0 Å². The highest BCUT2D eigenvalue weighted by atomic mass is 16.5. The fourth-order valence-electron chi connectivity index (χ4n) is 4.27. The first-order valence-electron chi connectivity index (χ1n) is 9.28. The first-order chi connectivity index (χ1) is 12.2. The zero-order chi connectivity index (χ0) is 17.2. The normalized spacial score (nSPS) is 24.5. The van der Waals surface area contributed by atoms with Gasteiger partial charge in [0.2, 0.25) is 0 Å². The molecule has 0 spiro atoms. The number of likely N-dealkylation sites (tertiary alicyclic amines) is 2. The van der Waals surface area contributed by atoms with Crippen LogP contribution in [0.15, 0.2) is 24.3 Å². The Hall–Kier alpha value is -1.92. The van der Waals surface area contributed by atoms with Crippen molar-refractivity contribution < 1.29 is 4.74 Å². The molecule has 134 valence electrons. The Labute approximate surface area is 149 Å². The molecule has 1 aromatic carbocycles. The third-order valence-corrected chi connectivity index (χ3v) is 5.60. The largest absolute Gasteiger partial charge is 0.463 e. The standard InChI is InChI=1S/C19H27N5O/c1-23-9-4-6-14-12-24(13-17(14)23)10-5-11-25-19-21-16-8-3-2-7-15(16)18(20)22-19/h2-3,7-8,14,17H,4-6,9-13H2,1H3,(H2,20,21,22). The van der Waals surface area contributed by atoms with Gasteiger partial charge in [-0.3, -0.25) is 0 Å². The molecule has 1 aromatic heterocycles. The number of fused-ring (bicyclic) bond motifs is 2. The van der Waals surface area contributed by atoms with E-state index in [0.29, 0.717) is 18.4 Å². The van der Waals surface area contributed by atoms with E-state index in [-0.39, 0.29) is 0 Å². The van der Waals surface area contributed by atoms with E-state index in [9.17, 15) is 0 Å². The molecule has 2 atom stereocenters. The minimum Gasteiger partial charge on any atom is -0.463 e. The van der Waals surface area contributed by atoms with Crippen LogP contribution in [-0.4, -0.2) is 65.6 Å². The number of nitrogen functional groups attached to an aromatic ring is 1. The highest BCUT2D eigenvalue weighted by molar-refractivity contribution is 5.88. The summed E-state index contributed by atoms with van der Waals surface area (Å²) < 4.78 is 5.76. The smallest absolute Gasteiger partial charge is 0.318 e. The average Bonchev–Trinajstić information content (AvgIpc) is 3.03. The maximum atomic E-state index is 6.00. The summed E-state index contributed by atoms with van der Waals surface area (Å²) in [6.07, 6.45) is 3.71. The Morgan fingerprint density at radius 2 is 2.12 bits per heavy atom. The second-order valence-electron chi connectivity index (χ2n) is 7.32. The van der Waals surface area contributed by atoms with E-state index in [4.69, 9.17) is 10.5 Å². The van der Waals surface area contributed by atoms with Gasteiger partial charge in [-0.05, 0) is 50.9 Å². The summed E-state index contributed by atoms with van der Waals surface area (Å²) in [5.74, 6) is 1.33. The number of aromatic nitrogens is 2. The van der Waals surface area contributed by atoms with Crippen molar-refractivity contribution >= 4 is 16.7 Å². The number of anilines is 1. The van der Waals surface area contributed by atoms with E-state index >= 15 is 0 Å². The Kier molecular flexibility index (Phi) is 4.72. The summed E-state index contributed by atoms with van der Waals surface area (Å²) in [6, 6.07) is 8.88. The molecule has 6 nitrogen and oxygen atoms in total. The van der Waals surface area contributed by atoms with Gasteiger partial charge in [0.25, 0.3) is 0 Å². The van der Waals surface area contributed by atoms with Crippen LogP contribution in [0.2, 0.25) is 0 Å². The molecule has 4 rings (SSSR count). The summed E-state index contributed by atoms with van der Waals surface area (Å²) in [5, 5.41) is 0.874. The Morgan fingerprint density at radius 3 is 3.00 bits per heavy atom. The molecule has 2 aromatic rings. The fourth-order valence-corrected chi connectivity index (χ4v) is 4.27. The van der Waals surface area contributed by atoms with E-state index in [1.807, 2.05) is 24.3 Å². The molecule has 0 amide bonds. The second kappa shape index (κ2) is 7.14. The Morgan fingerprint density at radius 1 is 1.24 bits per heavy atom. The van der Waals surface area contributed by atoms with E-state index in [1.54, 1.807) is 0 Å². The van der Waals surface area contributed by atoms with E-state index in [2.05, 4.69) is 26.8 Å². The van der Waals surface area contributed by atoms with Crippen molar-refractivity contribution in [3.63, 3.8) is 0 Å². The molecule has 2 unspecified atom stereocenters. The maximum Gasteiger partial charge on any atom is 0.318 e. The topological polar surface area (TPSA) is 67.5 Å². The quantitative estimate of drug-likeness (QED) is 0.839. The van der Waals surface area contributed by atoms with Crippen molar-refractivity contribution in [2.75, 3.05) is 45.6 Å². The summed E-state index contributed by atoms with van der Waals surface area (Å²) in [5.41, 5.74) is 6.83. The molecule has 25 heavy (non-hydrogen) atoms. The number of likely N-dealkylation sites (N-methyl/N-ethyl adjacent to an activating group) is 1. The predicted molar refractivity (Wildman–Crippen MR) is 99.6 cm³/mol. The number of para-hydroxylation sites is 1. The molecule has 0 bridgehead atoms. The fraction of sp³-hybridized carbons (Fsp3) is 0.579. The third kappa shape index (κ3) is 3.55. The summed E-state index contributed by atoms with van der Waals surface area (Å²) in [6.45, 7) is 5.37. The van der Waals surface area contributed by atoms with Gasteiger partial charge in [-0.2, -0.15) is 9.97 Å². The zero-order valence-corrected chi connectivity index (χ0v) is 14.9. The van der Waals surface area contributed by atoms with Crippen molar-refractivity contribution in [3.8, 4) is 6.01 Å². The lowest BCUT2D eigenvalue weighted by Gasteiger charge is -2.33. The summed E-state index contributed by atoms with van der Waals surface area (Å²) in [4.78, 5) is 13.8. The highest BCUT2D eigenvalue weighted by Crippen LogP contribution is 2.29. The van der Waals surface area contributed by atoms with Crippen molar-refractivity contribution in [3.05, 3.63) is 24.3 Å². The molecule has 2 fully saturated rings. The minimum absolute atomic E-state index is 0.381. The summed E-state index contributed by atoms with van der Waals surface area (Å²) >= 11 is 0. The van der Waals surface area contributed by atoms with Crippen LogP contribution in [0.25, 0.3) is 10.9 Å². The lowest BCUT2D eigenvalue weighted by atomic mass is 9.93. The molecule has 6 heteroatoms.